The Hall–Kier alpha value is -0.870. The normalized spacial score (nSPS) is 11.4. The molecule has 0 aromatic carbocycles. The largest absolute Gasteiger partial charge is 0.444 e. The zero-order chi connectivity index (χ0) is 12.7. The molecule has 0 radical (unpaired) electrons. The molecule has 0 aliphatic carbocycles. The Labute approximate surface area is 104 Å². The summed E-state index contributed by atoms with van der Waals surface area (Å²) in [6, 6.07) is 0. The van der Waals surface area contributed by atoms with Crippen LogP contribution >= 0.6 is 0 Å². The average molecular weight is 239 g/mol. The molecule has 0 bridgehead atoms. The Kier molecular flexibility index (Phi) is 6.22. The number of oxazole rings is 1. The van der Waals surface area contributed by atoms with Crippen LogP contribution in [0.5, 0.6) is 0 Å². The highest BCUT2D eigenvalue weighted by Gasteiger charge is 2.04. The summed E-state index contributed by atoms with van der Waals surface area (Å²) in [5.41, 5.74) is 0.991. The summed E-state index contributed by atoms with van der Waals surface area (Å²) in [6.07, 6.45) is 1.17. The fourth-order valence-corrected chi connectivity index (χ4v) is 1.78. The number of aromatic nitrogens is 1. The number of aryl methyl sites for hydroxylation is 2. The maximum Gasteiger partial charge on any atom is 0.208 e. The quantitative estimate of drug-likeness (QED) is 0.705. The predicted molar refractivity (Wildman–Crippen MR) is 70.1 cm³/mol. The van der Waals surface area contributed by atoms with Gasteiger partial charge in [0, 0.05) is 0 Å². The summed E-state index contributed by atoms with van der Waals surface area (Å²) in [5, 5.41) is 3.36. The summed E-state index contributed by atoms with van der Waals surface area (Å²) in [5.74, 6) is 1.72. The van der Waals surface area contributed by atoms with E-state index in [1.807, 2.05) is 13.8 Å². The SMILES string of the molecule is CCN(CC)CCCNCc1nc(C)c(C)o1. The minimum atomic E-state index is 0.729. The first-order valence-electron chi connectivity index (χ1n) is 6.53. The number of rotatable bonds is 8. The topological polar surface area (TPSA) is 41.3 Å². The first-order valence-corrected chi connectivity index (χ1v) is 6.53. The second-order valence-corrected chi connectivity index (χ2v) is 4.31. The van der Waals surface area contributed by atoms with Gasteiger partial charge in [-0.2, -0.15) is 0 Å². The smallest absolute Gasteiger partial charge is 0.208 e. The Balaban J connectivity index is 2.12. The van der Waals surface area contributed by atoms with E-state index in [2.05, 4.69) is 29.0 Å². The van der Waals surface area contributed by atoms with Crippen molar-refractivity contribution in [3.05, 3.63) is 17.3 Å². The van der Waals surface area contributed by atoms with Crippen molar-refractivity contribution in [1.82, 2.24) is 15.2 Å². The molecule has 1 heterocycles. The third kappa shape index (κ3) is 4.88. The molecule has 17 heavy (non-hydrogen) atoms. The van der Waals surface area contributed by atoms with Crippen LogP contribution in [0, 0.1) is 13.8 Å². The molecule has 4 heteroatoms. The van der Waals surface area contributed by atoms with E-state index in [4.69, 9.17) is 4.42 Å². The highest BCUT2D eigenvalue weighted by Crippen LogP contribution is 2.07. The van der Waals surface area contributed by atoms with E-state index in [0.717, 1.165) is 50.1 Å². The summed E-state index contributed by atoms with van der Waals surface area (Å²) >= 11 is 0. The van der Waals surface area contributed by atoms with Crippen molar-refractivity contribution >= 4 is 0 Å². The first-order chi connectivity index (χ1) is 8.17. The molecule has 0 amide bonds. The zero-order valence-corrected chi connectivity index (χ0v) is 11.5. The van der Waals surface area contributed by atoms with Crippen molar-refractivity contribution in [2.45, 2.75) is 40.7 Å². The molecule has 0 atom stereocenters. The van der Waals surface area contributed by atoms with E-state index in [9.17, 15) is 0 Å². The van der Waals surface area contributed by atoms with Gasteiger partial charge in [0.1, 0.15) is 5.76 Å². The molecule has 4 nitrogen and oxygen atoms in total. The fraction of sp³-hybridized carbons (Fsp3) is 0.769. The van der Waals surface area contributed by atoms with Gasteiger partial charge in [-0.1, -0.05) is 13.8 Å². The molecule has 98 valence electrons. The van der Waals surface area contributed by atoms with E-state index in [0.29, 0.717) is 0 Å². The van der Waals surface area contributed by atoms with Gasteiger partial charge in [-0.25, -0.2) is 4.98 Å². The van der Waals surface area contributed by atoms with Crippen molar-refractivity contribution in [3.63, 3.8) is 0 Å². The lowest BCUT2D eigenvalue weighted by molar-refractivity contribution is 0.297. The van der Waals surface area contributed by atoms with Crippen LogP contribution in [0.25, 0.3) is 0 Å². The number of hydrogen-bond donors (Lipinski definition) is 1. The van der Waals surface area contributed by atoms with Gasteiger partial charge in [0.2, 0.25) is 5.89 Å². The first kappa shape index (κ1) is 14.2. The van der Waals surface area contributed by atoms with E-state index in [1.165, 1.54) is 6.42 Å². The van der Waals surface area contributed by atoms with Crippen LogP contribution in [0.15, 0.2) is 4.42 Å². The van der Waals surface area contributed by atoms with Crippen LogP contribution in [0.2, 0.25) is 0 Å². The highest BCUT2D eigenvalue weighted by molar-refractivity contribution is 5.04. The van der Waals surface area contributed by atoms with E-state index < -0.39 is 0 Å². The minimum absolute atomic E-state index is 0.729. The molecule has 1 aromatic rings. The van der Waals surface area contributed by atoms with Crippen LogP contribution < -0.4 is 5.32 Å². The van der Waals surface area contributed by atoms with E-state index >= 15 is 0 Å². The van der Waals surface area contributed by atoms with E-state index in [1.54, 1.807) is 0 Å². The van der Waals surface area contributed by atoms with Gasteiger partial charge in [0.15, 0.2) is 0 Å². The molecule has 0 spiro atoms. The van der Waals surface area contributed by atoms with Crippen molar-refractivity contribution in [1.29, 1.82) is 0 Å². The third-order valence-electron chi connectivity index (χ3n) is 3.07. The molecule has 0 aliphatic heterocycles. The van der Waals surface area contributed by atoms with Crippen LogP contribution in [0.3, 0.4) is 0 Å². The number of hydrogen-bond acceptors (Lipinski definition) is 4. The molecule has 1 aromatic heterocycles. The molecule has 0 fully saturated rings. The zero-order valence-electron chi connectivity index (χ0n) is 11.5. The van der Waals surface area contributed by atoms with Gasteiger partial charge in [0.05, 0.1) is 12.2 Å². The van der Waals surface area contributed by atoms with Gasteiger partial charge in [-0.3, -0.25) is 0 Å². The van der Waals surface area contributed by atoms with Crippen LogP contribution in [0.1, 0.15) is 37.6 Å². The molecule has 0 saturated carbocycles. The third-order valence-corrected chi connectivity index (χ3v) is 3.07. The van der Waals surface area contributed by atoms with E-state index in [-0.39, 0.29) is 0 Å². The van der Waals surface area contributed by atoms with Gasteiger partial charge in [-0.05, 0) is 46.4 Å². The number of nitrogens with one attached hydrogen (secondary N) is 1. The predicted octanol–water partition coefficient (Wildman–Crippen LogP) is 2.11. The Morgan fingerprint density at radius 3 is 2.47 bits per heavy atom. The van der Waals surface area contributed by atoms with Gasteiger partial charge in [0.25, 0.3) is 0 Å². The molecular weight excluding hydrogens is 214 g/mol. The summed E-state index contributed by atoms with van der Waals surface area (Å²) in [4.78, 5) is 6.77. The van der Waals surface area contributed by atoms with Crippen molar-refractivity contribution in [2.24, 2.45) is 0 Å². The monoisotopic (exact) mass is 239 g/mol. The van der Waals surface area contributed by atoms with Crippen LogP contribution in [-0.4, -0.2) is 36.1 Å². The minimum Gasteiger partial charge on any atom is -0.444 e. The van der Waals surface area contributed by atoms with Crippen LogP contribution in [-0.2, 0) is 6.54 Å². The average Bonchev–Trinajstić information content (AvgIpc) is 2.63. The lowest BCUT2D eigenvalue weighted by atomic mass is 10.3. The van der Waals surface area contributed by atoms with Crippen molar-refractivity contribution in [3.8, 4) is 0 Å². The second kappa shape index (κ2) is 7.45. The molecule has 1 N–H and O–H groups in total. The highest BCUT2D eigenvalue weighted by atomic mass is 16.4. The summed E-state index contributed by atoms with van der Waals surface area (Å²) < 4.78 is 5.50. The van der Waals surface area contributed by atoms with Crippen molar-refractivity contribution < 1.29 is 4.42 Å². The molecule has 0 saturated heterocycles. The van der Waals surface area contributed by atoms with Crippen LogP contribution in [0.4, 0.5) is 0 Å². The lowest BCUT2D eigenvalue weighted by Gasteiger charge is -2.17. The Bertz CT molecular complexity index is 299. The summed E-state index contributed by atoms with van der Waals surface area (Å²) in [6.45, 7) is 13.5. The standard InChI is InChI=1S/C13H25N3O/c1-5-16(6-2)9-7-8-14-10-13-15-11(3)12(4)17-13/h14H,5-10H2,1-4H3. The van der Waals surface area contributed by atoms with Crippen molar-refractivity contribution in [2.75, 3.05) is 26.2 Å². The van der Waals surface area contributed by atoms with Gasteiger partial charge in [-0.15, -0.1) is 0 Å². The number of nitrogens with zero attached hydrogens (tertiary/aromatic N) is 2. The Morgan fingerprint density at radius 1 is 1.24 bits per heavy atom. The second-order valence-electron chi connectivity index (χ2n) is 4.31. The molecule has 0 aliphatic rings. The molecule has 0 unspecified atom stereocenters. The van der Waals surface area contributed by atoms with Gasteiger partial charge >= 0.3 is 0 Å². The lowest BCUT2D eigenvalue weighted by Crippen LogP contribution is -2.27. The fourth-order valence-electron chi connectivity index (χ4n) is 1.78. The summed E-state index contributed by atoms with van der Waals surface area (Å²) in [7, 11) is 0. The maximum absolute atomic E-state index is 5.50. The molecular formula is C13H25N3O. The van der Waals surface area contributed by atoms with Gasteiger partial charge < -0.3 is 14.6 Å². The molecule has 1 rings (SSSR count). The Morgan fingerprint density at radius 2 is 1.94 bits per heavy atom. The maximum atomic E-state index is 5.50.